The van der Waals surface area contributed by atoms with Crippen LogP contribution in [0.4, 0.5) is 0 Å². The van der Waals surface area contributed by atoms with Gasteiger partial charge in [0.05, 0.1) is 18.3 Å². The monoisotopic (exact) mass is 282 g/mol. The minimum absolute atomic E-state index is 0.0953. The van der Waals surface area contributed by atoms with Gasteiger partial charge in [-0.05, 0) is 43.1 Å². The van der Waals surface area contributed by atoms with E-state index in [-0.39, 0.29) is 6.04 Å². The van der Waals surface area contributed by atoms with Crippen LogP contribution in [0.15, 0.2) is 36.5 Å². The average Bonchev–Trinajstić information content (AvgIpc) is 2.97. The lowest BCUT2D eigenvalue weighted by molar-refractivity contribution is 0.350. The lowest BCUT2D eigenvalue weighted by Gasteiger charge is -2.21. The molecule has 110 valence electrons. The number of pyridine rings is 1. The third-order valence-corrected chi connectivity index (χ3v) is 3.89. The van der Waals surface area contributed by atoms with Crippen LogP contribution in [0.1, 0.15) is 41.8 Å². The van der Waals surface area contributed by atoms with E-state index < -0.39 is 0 Å². The van der Waals surface area contributed by atoms with Crippen molar-refractivity contribution in [2.24, 2.45) is 0 Å². The first-order chi connectivity index (χ1) is 10.3. The first-order valence-corrected chi connectivity index (χ1v) is 7.70. The van der Waals surface area contributed by atoms with Gasteiger partial charge in [-0.15, -0.1) is 0 Å². The molecule has 1 aromatic carbocycles. The van der Waals surface area contributed by atoms with E-state index in [9.17, 15) is 0 Å². The van der Waals surface area contributed by atoms with Gasteiger partial charge in [-0.2, -0.15) is 0 Å². The van der Waals surface area contributed by atoms with E-state index in [1.807, 2.05) is 12.3 Å². The molecule has 1 atom stereocenters. The molecule has 1 aliphatic heterocycles. The summed E-state index contributed by atoms with van der Waals surface area (Å²) in [4.78, 5) is 4.58. The minimum Gasteiger partial charge on any atom is -0.493 e. The Balaban J connectivity index is 2.02. The predicted molar refractivity (Wildman–Crippen MR) is 84.8 cm³/mol. The molecule has 3 heteroatoms. The van der Waals surface area contributed by atoms with E-state index in [0.717, 1.165) is 37.4 Å². The van der Waals surface area contributed by atoms with E-state index in [1.165, 1.54) is 16.7 Å². The molecule has 1 aliphatic rings. The number of rotatable bonds is 5. The van der Waals surface area contributed by atoms with Gasteiger partial charge in [0.25, 0.3) is 0 Å². The maximum atomic E-state index is 5.87. The fourth-order valence-corrected chi connectivity index (χ4v) is 2.85. The molecule has 3 rings (SSSR count). The van der Waals surface area contributed by atoms with E-state index in [2.05, 4.69) is 48.4 Å². The molecule has 0 bridgehead atoms. The standard InChI is InChI=1S/C18H22N2O/c1-3-9-20-17(16-12-13(2)7-10-19-16)15-6-4-5-14-8-11-21-18(14)15/h4-7,10,12,17,20H,3,8-9,11H2,1-2H3. The number of benzene rings is 1. The maximum Gasteiger partial charge on any atom is 0.127 e. The first kappa shape index (κ1) is 14.1. The molecular weight excluding hydrogens is 260 g/mol. The fraction of sp³-hybridized carbons (Fsp3) is 0.389. The molecule has 0 spiro atoms. The predicted octanol–water partition coefficient (Wildman–Crippen LogP) is 3.41. The number of aryl methyl sites for hydroxylation is 1. The van der Waals surface area contributed by atoms with Gasteiger partial charge in [-0.3, -0.25) is 4.98 Å². The zero-order valence-electron chi connectivity index (χ0n) is 12.7. The van der Waals surface area contributed by atoms with Gasteiger partial charge in [0.1, 0.15) is 5.75 Å². The van der Waals surface area contributed by atoms with Crippen LogP contribution in [-0.2, 0) is 6.42 Å². The Labute approximate surface area is 126 Å². The third kappa shape index (κ3) is 2.93. The Kier molecular flexibility index (Phi) is 4.20. The largest absolute Gasteiger partial charge is 0.493 e. The smallest absolute Gasteiger partial charge is 0.127 e. The van der Waals surface area contributed by atoms with Crippen LogP contribution in [0, 0.1) is 6.92 Å². The van der Waals surface area contributed by atoms with Crippen LogP contribution in [0.25, 0.3) is 0 Å². The van der Waals surface area contributed by atoms with Gasteiger partial charge >= 0.3 is 0 Å². The van der Waals surface area contributed by atoms with Gasteiger partial charge < -0.3 is 10.1 Å². The second-order valence-corrected chi connectivity index (χ2v) is 5.58. The summed E-state index contributed by atoms with van der Waals surface area (Å²) in [7, 11) is 0. The summed E-state index contributed by atoms with van der Waals surface area (Å²) in [6, 6.07) is 10.7. The molecule has 0 saturated carbocycles. The summed E-state index contributed by atoms with van der Waals surface area (Å²) in [5.74, 6) is 1.05. The Hall–Kier alpha value is -1.87. The molecule has 0 fully saturated rings. The van der Waals surface area contributed by atoms with Crippen LogP contribution in [0.3, 0.4) is 0 Å². The molecule has 3 nitrogen and oxygen atoms in total. The van der Waals surface area contributed by atoms with Gasteiger partial charge in [-0.25, -0.2) is 0 Å². The molecular formula is C18H22N2O. The van der Waals surface area contributed by atoms with Crippen LogP contribution >= 0.6 is 0 Å². The Morgan fingerprint density at radius 2 is 2.24 bits per heavy atom. The number of hydrogen-bond donors (Lipinski definition) is 1. The summed E-state index contributed by atoms with van der Waals surface area (Å²) < 4.78 is 5.87. The fourth-order valence-electron chi connectivity index (χ4n) is 2.85. The summed E-state index contributed by atoms with van der Waals surface area (Å²) in [6.45, 7) is 6.03. The number of para-hydroxylation sites is 1. The number of hydrogen-bond acceptors (Lipinski definition) is 3. The summed E-state index contributed by atoms with van der Waals surface area (Å²) in [5.41, 5.74) is 4.81. The van der Waals surface area contributed by atoms with Gasteiger partial charge in [0.2, 0.25) is 0 Å². The Morgan fingerprint density at radius 3 is 3.05 bits per heavy atom. The van der Waals surface area contributed by atoms with Crippen molar-refractivity contribution in [2.45, 2.75) is 32.7 Å². The molecule has 2 heterocycles. The first-order valence-electron chi connectivity index (χ1n) is 7.70. The average molecular weight is 282 g/mol. The highest BCUT2D eigenvalue weighted by molar-refractivity contribution is 5.48. The zero-order chi connectivity index (χ0) is 14.7. The van der Waals surface area contributed by atoms with Crippen LogP contribution < -0.4 is 10.1 Å². The van der Waals surface area contributed by atoms with Crippen molar-refractivity contribution in [3.8, 4) is 5.75 Å². The van der Waals surface area contributed by atoms with Crippen LogP contribution in [0.2, 0.25) is 0 Å². The van der Waals surface area contributed by atoms with Crippen molar-refractivity contribution in [2.75, 3.05) is 13.2 Å². The van der Waals surface area contributed by atoms with Crippen LogP contribution in [-0.4, -0.2) is 18.1 Å². The molecule has 0 saturated heterocycles. The molecule has 0 aliphatic carbocycles. The normalized spacial score (nSPS) is 14.6. The van der Waals surface area contributed by atoms with Gasteiger partial charge in [-0.1, -0.05) is 25.1 Å². The van der Waals surface area contributed by atoms with E-state index in [4.69, 9.17) is 4.74 Å². The lowest BCUT2D eigenvalue weighted by atomic mass is 9.98. The topological polar surface area (TPSA) is 34.2 Å². The second-order valence-electron chi connectivity index (χ2n) is 5.58. The molecule has 2 aromatic rings. The van der Waals surface area contributed by atoms with Crippen LogP contribution in [0.5, 0.6) is 5.75 Å². The van der Waals surface area contributed by atoms with Crippen molar-refractivity contribution in [3.05, 3.63) is 58.9 Å². The minimum atomic E-state index is 0.0953. The molecule has 0 amide bonds. The maximum absolute atomic E-state index is 5.87. The van der Waals surface area contributed by atoms with Crippen molar-refractivity contribution < 1.29 is 4.74 Å². The van der Waals surface area contributed by atoms with Crippen molar-refractivity contribution in [3.63, 3.8) is 0 Å². The highest BCUT2D eigenvalue weighted by atomic mass is 16.5. The van der Waals surface area contributed by atoms with Gasteiger partial charge in [0, 0.05) is 18.2 Å². The zero-order valence-corrected chi connectivity index (χ0v) is 12.7. The van der Waals surface area contributed by atoms with E-state index >= 15 is 0 Å². The van der Waals surface area contributed by atoms with Crippen molar-refractivity contribution in [1.82, 2.24) is 10.3 Å². The quantitative estimate of drug-likeness (QED) is 0.912. The Morgan fingerprint density at radius 1 is 1.33 bits per heavy atom. The number of aromatic nitrogens is 1. The van der Waals surface area contributed by atoms with E-state index in [0.29, 0.717) is 0 Å². The number of fused-ring (bicyclic) bond motifs is 1. The molecule has 0 radical (unpaired) electrons. The SMILES string of the molecule is CCCNC(c1cc(C)ccn1)c1cccc2c1OCC2. The molecule has 1 aromatic heterocycles. The van der Waals surface area contributed by atoms with Crippen molar-refractivity contribution in [1.29, 1.82) is 0 Å². The van der Waals surface area contributed by atoms with Crippen molar-refractivity contribution >= 4 is 0 Å². The lowest BCUT2D eigenvalue weighted by Crippen LogP contribution is -2.24. The molecule has 1 unspecified atom stereocenters. The highest BCUT2D eigenvalue weighted by Gasteiger charge is 2.23. The second kappa shape index (κ2) is 6.27. The number of ether oxygens (including phenoxy) is 1. The van der Waals surface area contributed by atoms with Gasteiger partial charge in [0.15, 0.2) is 0 Å². The number of nitrogens with one attached hydrogen (secondary N) is 1. The van der Waals surface area contributed by atoms with E-state index in [1.54, 1.807) is 0 Å². The summed E-state index contributed by atoms with van der Waals surface area (Å²) >= 11 is 0. The third-order valence-electron chi connectivity index (χ3n) is 3.89. The molecule has 21 heavy (non-hydrogen) atoms. The number of nitrogens with zero attached hydrogens (tertiary/aromatic N) is 1. The summed E-state index contributed by atoms with van der Waals surface area (Å²) in [6.07, 6.45) is 3.98. The molecule has 1 N–H and O–H groups in total. The summed E-state index contributed by atoms with van der Waals surface area (Å²) in [5, 5.41) is 3.62. The highest BCUT2D eigenvalue weighted by Crippen LogP contribution is 2.35. The Bertz CT molecular complexity index is 624.